The van der Waals surface area contributed by atoms with Gasteiger partial charge in [-0.2, -0.15) is 5.10 Å². The van der Waals surface area contributed by atoms with E-state index in [0.29, 0.717) is 5.82 Å². The molecule has 0 unspecified atom stereocenters. The van der Waals surface area contributed by atoms with Gasteiger partial charge in [-0.05, 0) is 24.8 Å². The lowest BCUT2D eigenvalue weighted by atomic mass is 9.99. The second kappa shape index (κ2) is 6.55. The first-order valence-corrected chi connectivity index (χ1v) is 7.55. The Balaban J connectivity index is 1.62. The predicted octanol–water partition coefficient (Wildman–Crippen LogP) is 1.55. The van der Waals surface area contributed by atoms with Crippen molar-refractivity contribution in [2.45, 2.75) is 26.3 Å². The summed E-state index contributed by atoms with van der Waals surface area (Å²) in [5.41, 5.74) is 0. The van der Waals surface area contributed by atoms with Crippen molar-refractivity contribution in [3.8, 4) is 0 Å². The molecule has 0 bridgehead atoms. The van der Waals surface area contributed by atoms with Crippen LogP contribution < -0.4 is 10.2 Å². The molecular weight excluding hydrogens is 280 g/mol. The lowest BCUT2D eigenvalue weighted by Gasteiger charge is -2.31. The van der Waals surface area contributed by atoms with Crippen LogP contribution in [0.15, 0.2) is 30.9 Å². The van der Waals surface area contributed by atoms with E-state index in [-0.39, 0.29) is 12.5 Å². The largest absolute Gasteiger partial charge is 0.356 e. The number of hydrogen-bond donors (Lipinski definition) is 1. The number of nitrogens with zero attached hydrogens (tertiary/aromatic N) is 5. The summed E-state index contributed by atoms with van der Waals surface area (Å²) in [6, 6.07) is 3.62. The average molecular weight is 300 g/mol. The molecule has 0 radical (unpaired) electrons. The molecule has 7 nitrogen and oxygen atoms in total. The zero-order valence-electron chi connectivity index (χ0n) is 12.6. The van der Waals surface area contributed by atoms with E-state index in [4.69, 9.17) is 0 Å². The van der Waals surface area contributed by atoms with Crippen LogP contribution in [0.5, 0.6) is 0 Å². The Hall–Kier alpha value is -2.44. The van der Waals surface area contributed by atoms with Crippen molar-refractivity contribution in [3.05, 3.63) is 30.9 Å². The molecule has 0 spiro atoms. The fourth-order valence-corrected chi connectivity index (χ4v) is 2.55. The Labute approximate surface area is 129 Å². The van der Waals surface area contributed by atoms with Crippen LogP contribution in [0.3, 0.4) is 0 Å². The number of rotatable bonds is 4. The van der Waals surface area contributed by atoms with E-state index < -0.39 is 0 Å². The van der Waals surface area contributed by atoms with E-state index in [1.165, 1.54) is 19.2 Å². The Morgan fingerprint density at radius 2 is 2.18 bits per heavy atom. The molecule has 2 aromatic rings. The Morgan fingerprint density at radius 1 is 1.36 bits per heavy atom. The van der Waals surface area contributed by atoms with E-state index >= 15 is 0 Å². The van der Waals surface area contributed by atoms with Crippen LogP contribution >= 0.6 is 0 Å². The fourth-order valence-electron chi connectivity index (χ4n) is 2.55. The van der Waals surface area contributed by atoms with Gasteiger partial charge in [0.25, 0.3) is 0 Å². The summed E-state index contributed by atoms with van der Waals surface area (Å²) < 4.78 is 1.57. The molecule has 3 heterocycles. The molecule has 1 fully saturated rings. The quantitative estimate of drug-likeness (QED) is 0.927. The summed E-state index contributed by atoms with van der Waals surface area (Å²) in [6.07, 6.45) is 7.24. The van der Waals surface area contributed by atoms with Gasteiger partial charge in [-0.15, -0.1) is 0 Å². The molecular formula is C15H20N6O. The summed E-state index contributed by atoms with van der Waals surface area (Å²) in [4.78, 5) is 22.6. The summed E-state index contributed by atoms with van der Waals surface area (Å²) in [5, 5.41) is 6.80. The number of carbonyl (C=O) groups excluding carboxylic acids is 1. The van der Waals surface area contributed by atoms with E-state index in [9.17, 15) is 4.79 Å². The van der Waals surface area contributed by atoms with Gasteiger partial charge in [0, 0.05) is 31.5 Å². The minimum Gasteiger partial charge on any atom is -0.356 e. The number of anilines is 2. The molecule has 2 aromatic heterocycles. The summed E-state index contributed by atoms with van der Waals surface area (Å²) in [7, 11) is 0. The van der Waals surface area contributed by atoms with Crippen LogP contribution in [0, 0.1) is 5.92 Å². The van der Waals surface area contributed by atoms with E-state index in [1.807, 2.05) is 6.07 Å². The third-order valence-corrected chi connectivity index (χ3v) is 3.89. The van der Waals surface area contributed by atoms with Crippen LogP contribution in [0.2, 0.25) is 0 Å². The second-order valence-corrected chi connectivity index (χ2v) is 5.68. The second-order valence-electron chi connectivity index (χ2n) is 5.68. The van der Waals surface area contributed by atoms with Crippen LogP contribution in [0.25, 0.3) is 0 Å². The number of amides is 1. The molecule has 3 rings (SSSR count). The summed E-state index contributed by atoms with van der Waals surface area (Å²) in [5.74, 6) is 2.02. The highest BCUT2D eigenvalue weighted by Gasteiger charge is 2.17. The molecule has 1 N–H and O–H groups in total. The first-order chi connectivity index (χ1) is 10.7. The van der Waals surface area contributed by atoms with Crippen molar-refractivity contribution in [1.82, 2.24) is 19.7 Å². The van der Waals surface area contributed by atoms with Crippen molar-refractivity contribution in [2.75, 3.05) is 23.3 Å². The molecule has 0 atom stereocenters. The van der Waals surface area contributed by atoms with Gasteiger partial charge >= 0.3 is 0 Å². The molecule has 1 aliphatic rings. The number of carbonyl (C=O) groups is 1. The normalized spacial score (nSPS) is 15.8. The maximum absolute atomic E-state index is 12.0. The van der Waals surface area contributed by atoms with E-state index in [2.05, 4.69) is 32.2 Å². The van der Waals surface area contributed by atoms with Crippen molar-refractivity contribution in [3.63, 3.8) is 0 Å². The molecule has 1 aliphatic heterocycles. The van der Waals surface area contributed by atoms with Gasteiger partial charge in [0.05, 0.1) is 0 Å². The minimum atomic E-state index is -0.152. The van der Waals surface area contributed by atoms with Gasteiger partial charge in [-0.3, -0.25) is 9.48 Å². The first kappa shape index (κ1) is 14.5. The highest BCUT2D eigenvalue weighted by atomic mass is 16.2. The SMILES string of the molecule is CC1CCN(c2cc(NC(=O)Cn3cccn3)ncn2)CC1. The lowest BCUT2D eigenvalue weighted by molar-refractivity contribution is -0.116. The maximum atomic E-state index is 12.0. The van der Waals surface area contributed by atoms with E-state index in [1.54, 1.807) is 23.1 Å². The molecule has 0 aliphatic carbocycles. The van der Waals surface area contributed by atoms with Crippen molar-refractivity contribution in [1.29, 1.82) is 0 Å². The lowest BCUT2D eigenvalue weighted by Crippen LogP contribution is -2.33. The molecule has 0 saturated carbocycles. The number of aromatic nitrogens is 4. The van der Waals surface area contributed by atoms with Crippen molar-refractivity contribution in [2.24, 2.45) is 5.92 Å². The third kappa shape index (κ3) is 3.60. The zero-order valence-corrected chi connectivity index (χ0v) is 12.6. The Morgan fingerprint density at radius 3 is 2.91 bits per heavy atom. The van der Waals surface area contributed by atoms with Gasteiger partial charge in [-0.1, -0.05) is 6.92 Å². The Bertz CT molecular complexity index is 619. The van der Waals surface area contributed by atoms with Crippen molar-refractivity contribution < 1.29 is 4.79 Å². The highest BCUT2D eigenvalue weighted by molar-refractivity contribution is 5.89. The van der Waals surface area contributed by atoms with Gasteiger partial charge < -0.3 is 10.2 Å². The Kier molecular flexibility index (Phi) is 4.32. The smallest absolute Gasteiger partial charge is 0.247 e. The zero-order chi connectivity index (χ0) is 15.4. The van der Waals surface area contributed by atoms with Crippen LogP contribution in [0.4, 0.5) is 11.6 Å². The van der Waals surface area contributed by atoms with Crippen LogP contribution in [-0.2, 0) is 11.3 Å². The first-order valence-electron chi connectivity index (χ1n) is 7.55. The predicted molar refractivity (Wildman–Crippen MR) is 83.5 cm³/mol. The molecule has 1 amide bonds. The molecule has 116 valence electrons. The van der Waals surface area contributed by atoms with Gasteiger partial charge in [0.2, 0.25) is 5.91 Å². The fraction of sp³-hybridized carbons (Fsp3) is 0.467. The molecule has 7 heteroatoms. The van der Waals surface area contributed by atoms with Crippen LogP contribution in [-0.4, -0.2) is 38.7 Å². The number of piperidine rings is 1. The summed E-state index contributed by atoms with van der Waals surface area (Å²) >= 11 is 0. The topological polar surface area (TPSA) is 75.9 Å². The van der Waals surface area contributed by atoms with Gasteiger partial charge in [-0.25, -0.2) is 9.97 Å². The maximum Gasteiger partial charge on any atom is 0.247 e. The monoisotopic (exact) mass is 300 g/mol. The standard InChI is InChI=1S/C15H20N6O/c1-12-3-7-20(8-4-12)14-9-13(16-11-17-14)19-15(22)10-21-6-2-5-18-21/h2,5-6,9,11-12H,3-4,7-8,10H2,1H3,(H,16,17,19,22). The van der Waals surface area contributed by atoms with Crippen LogP contribution in [0.1, 0.15) is 19.8 Å². The molecule has 0 aromatic carbocycles. The molecule has 22 heavy (non-hydrogen) atoms. The van der Waals surface area contributed by atoms with Gasteiger partial charge in [0.15, 0.2) is 0 Å². The molecule has 1 saturated heterocycles. The van der Waals surface area contributed by atoms with E-state index in [0.717, 1.165) is 24.8 Å². The number of hydrogen-bond acceptors (Lipinski definition) is 5. The minimum absolute atomic E-state index is 0.152. The summed E-state index contributed by atoms with van der Waals surface area (Å²) in [6.45, 7) is 4.45. The average Bonchev–Trinajstić information content (AvgIpc) is 3.01. The number of nitrogens with one attached hydrogen (secondary N) is 1. The van der Waals surface area contributed by atoms with Crippen molar-refractivity contribution >= 4 is 17.5 Å². The van der Waals surface area contributed by atoms with Gasteiger partial charge in [0.1, 0.15) is 24.5 Å². The third-order valence-electron chi connectivity index (χ3n) is 3.89. The highest BCUT2D eigenvalue weighted by Crippen LogP contribution is 2.22.